The summed E-state index contributed by atoms with van der Waals surface area (Å²) in [5.74, 6) is 2.72. The predicted octanol–water partition coefficient (Wildman–Crippen LogP) is 3.27. The van der Waals surface area contributed by atoms with Gasteiger partial charge in [0.25, 0.3) is 5.56 Å². The molecule has 1 fully saturated rings. The van der Waals surface area contributed by atoms with E-state index in [0.29, 0.717) is 54.8 Å². The van der Waals surface area contributed by atoms with Gasteiger partial charge < -0.3 is 19.5 Å². The van der Waals surface area contributed by atoms with Crippen LogP contribution in [0, 0.1) is 5.92 Å². The number of nitrogens with zero attached hydrogens (tertiary/aromatic N) is 4. The van der Waals surface area contributed by atoms with E-state index in [9.17, 15) is 9.59 Å². The first kappa shape index (κ1) is 23.5. The SMILES string of the molecule is COc1ccc(-c2noc(CCC(=O)N3CCCC(CNc4n[nH]c(=O)c5ccccc45)C3)n2)cc1. The molecule has 2 aromatic carbocycles. The fourth-order valence-electron chi connectivity index (χ4n) is 4.53. The maximum Gasteiger partial charge on any atom is 0.272 e. The van der Waals surface area contributed by atoms with Crippen molar-refractivity contribution in [2.75, 3.05) is 32.1 Å². The van der Waals surface area contributed by atoms with Crippen molar-refractivity contribution < 1.29 is 14.1 Å². The molecule has 1 amide bonds. The number of amides is 1. The highest BCUT2D eigenvalue weighted by atomic mass is 16.5. The van der Waals surface area contributed by atoms with Crippen molar-refractivity contribution in [1.82, 2.24) is 25.2 Å². The van der Waals surface area contributed by atoms with E-state index in [-0.39, 0.29) is 11.5 Å². The number of aryl methyl sites for hydroxylation is 1. The Morgan fingerprint density at radius 2 is 2.00 bits per heavy atom. The number of nitrogens with one attached hydrogen (secondary N) is 2. The molecular weight excluding hydrogens is 460 g/mol. The van der Waals surface area contributed by atoms with Crippen LogP contribution in [0.2, 0.25) is 0 Å². The highest BCUT2D eigenvalue weighted by Crippen LogP contribution is 2.22. The lowest BCUT2D eigenvalue weighted by Gasteiger charge is -2.33. The molecular formula is C26H28N6O4. The number of ether oxygens (including phenoxy) is 1. The Labute approximate surface area is 207 Å². The van der Waals surface area contributed by atoms with E-state index in [2.05, 4.69) is 25.7 Å². The number of likely N-dealkylation sites (tertiary alicyclic amines) is 1. The summed E-state index contributed by atoms with van der Waals surface area (Å²) in [7, 11) is 1.62. The number of hydrogen-bond acceptors (Lipinski definition) is 8. The number of aromatic amines is 1. The molecule has 1 aliphatic heterocycles. The smallest absolute Gasteiger partial charge is 0.272 e. The summed E-state index contributed by atoms with van der Waals surface area (Å²) < 4.78 is 10.5. The molecule has 0 spiro atoms. The Balaban J connectivity index is 1.14. The molecule has 3 heterocycles. The minimum Gasteiger partial charge on any atom is -0.497 e. The molecule has 0 aliphatic carbocycles. The van der Waals surface area contributed by atoms with Crippen LogP contribution in [0.1, 0.15) is 25.2 Å². The number of rotatable bonds is 8. The largest absolute Gasteiger partial charge is 0.497 e. The van der Waals surface area contributed by atoms with Gasteiger partial charge in [0.1, 0.15) is 5.75 Å². The maximum absolute atomic E-state index is 12.9. The van der Waals surface area contributed by atoms with Crippen molar-refractivity contribution in [3.8, 4) is 17.1 Å². The number of methoxy groups -OCH3 is 1. The number of H-pyrrole nitrogens is 1. The Morgan fingerprint density at radius 3 is 2.81 bits per heavy atom. The first-order chi connectivity index (χ1) is 17.6. The molecule has 5 rings (SSSR count). The average Bonchev–Trinajstić information content (AvgIpc) is 3.41. The van der Waals surface area contributed by atoms with Crippen LogP contribution in [0.25, 0.3) is 22.2 Å². The molecule has 10 heteroatoms. The van der Waals surface area contributed by atoms with Crippen molar-refractivity contribution in [3.63, 3.8) is 0 Å². The van der Waals surface area contributed by atoms with Crippen LogP contribution in [0.5, 0.6) is 5.75 Å². The van der Waals surface area contributed by atoms with Gasteiger partial charge in [-0.05, 0) is 49.1 Å². The fourth-order valence-corrected chi connectivity index (χ4v) is 4.53. The third-order valence-corrected chi connectivity index (χ3v) is 6.49. The molecule has 4 aromatic rings. The number of aromatic nitrogens is 4. The number of piperidine rings is 1. The number of benzene rings is 2. The monoisotopic (exact) mass is 488 g/mol. The number of fused-ring (bicyclic) bond motifs is 1. The van der Waals surface area contributed by atoms with Crippen LogP contribution in [-0.4, -0.2) is 57.9 Å². The fraction of sp³-hybridized carbons (Fsp3) is 0.346. The second kappa shape index (κ2) is 10.6. The summed E-state index contributed by atoms with van der Waals surface area (Å²) in [5, 5.41) is 15.5. The summed E-state index contributed by atoms with van der Waals surface area (Å²) in [5.41, 5.74) is 0.621. The molecule has 1 atom stereocenters. The first-order valence-corrected chi connectivity index (χ1v) is 12.1. The topological polar surface area (TPSA) is 126 Å². The van der Waals surface area contributed by atoms with Gasteiger partial charge in [-0.25, -0.2) is 5.10 Å². The van der Waals surface area contributed by atoms with Gasteiger partial charge in [-0.2, -0.15) is 10.1 Å². The molecule has 0 bridgehead atoms. The molecule has 2 N–H and O–H groups in total. The highest BCUT2D eigenvalue weighted by Gasteiger charge is 2.24. The van der Waals surface area contributed by atoms with Crippen LogP contribution < -0.4 is 15.6 Å². The zero-order chi connectivity index (χ0) is 24.9. The third-order valence-electron chi connectivity index (χ3n) is 6.49. The molecule has 2 aromatic heterocycles. The Kier molecular flexibility index (Phi) is 6.92. The zero-order valence-corrected chi connectivity index (χ0v) is 20.1. The van der Waals surface area contributed by atoms with E-state index < -0.39 is 0 Å². The van der Waals surface area contributed by atoms with Gasteiger partial charge in [0, 0.05) is 43.4 Å². The van der Waals surface area contributed by atoms with E-state index in [1.54, 1.807) is 13.2 Å². The molecule has 10 nitrogen and oxygen atoms in total. The number of anilines is 1. The Bertz CT molecular complexity index is 1400. The standard InChI is InChI=1S/C26H28N6O4/c1-35-19-10-8-18(9-11-19)24-28-22(36-31-24)12-13-23(33)32-14-4-5-17(16-32)15-27-25-20-6-2-3-7-21(20)26(34)30-29-25/h2-3,6-11,17H,4-5,12-16H2,1H3,(H,27,29)(H,30,34). The Morgan fingerprint density at radius 1 is 1.19 bits per heavy atom. The molecule has 1 aliphatic rings. The van der Waals surface area contributed by atoms with Gasteiger partial charge in [-0.3, -0.25) is 9.59 Å². The normalized spacial score (nSPS) is 15.7. The summed E-state index contributed by atoms with van der Waals surface area (Å²) in [6.07, 6.45) is 2.68. The summed E-state index contributed by atoms with van der Waals surface area (Å²) >= 11 is 0. The van der Waals surface area contributed by atoms with Gasteiger partial charge in [-0.15, -0.1) is 0 Å². The average molecular weight is 489 g/mol. The van der Waals surface area contributed by atoms with Crippen LogP contribution in [0.4, 0.5) is 5.82 Å². The van der Waals surface area contributed by atoms with E-state index in [1.165, 1.54) is 0 Å². The van der Waals surface area contributed by atoms with Crippen molar-refractivity contribution in [3.05, 3.63) is 64.8 Å². The molecule has 36 heavy (non-hydrogen) atoms. The minimum atomic E-state index is -0.206. The lowest BCUT2D eigenvalue weighted by molar-refractivity contribution is -0.132. The summed E-state index contributed by atoms with van der Waals surface area (Å²) in [6.45, 7) is 2.09. The van der Waals surface area contributed by atoms with Crippen LogP contribution in [0.3, 0.4) is 0 Å². The number of carbonyl (C=O) groups is 1. The third kappa shape index (κ3) is 5.22. The molecule has 1 saturated heterocycles. The van der Waals surface area contributed by atoms with Crippen molar-refractivity contribution >= 4 is 22.5 Å². The predicted molar refractivity (Wildman–Crippen MR) is 135 cm³/mol. The van der Waals surface area contributed by atoms with Gasteiger partial charge in [0.2, 0.25) is 17.6 Å². The molecule has 1 unspecified atom stereocenters. The van der Waals surface area contributed by atoms with E-state index in [1.807, 2.05) is 47.4 Å². The summed E-state index contributed by atoms with van der Waals surface area (Å²) in [6, 6.07) is 14.8. The van der Waals surface area contributed by atoms with Crippen molar-refractivity contribution in [2.45, 2.75) is 25.7 Å². The molecule has 0 saturated carbocycles. The van der Waals surface area contributed by atoms with Crippen LogP contribution in [-0.2, 0) is 11.2 Å². The van der Waals surface area contributed by atoms with Gasteiger partial charge in [0.15, 0.2) is 5.82 Å². The number of hydrogen-bond donors (Lipinski definition) is 2. The second-order valence-electron chi connectivity index (χ2n) is 8.92. The first-order valence-electron chi connectivity index (χ1n) is 12.1. The van der Waals surface area contributed by atoms with Gasteiger partial charge >= 0.3 is 0 Å². The van der Waals surface area contributed by atoms with Crippen molar-refractivity contribution in [1.29, 1.82) is 0 Å². The van der Waals surface area contributed by atoms with Gasteiger partial charge in [0.05, 0.1) is 12.5 Å². The van der Waals surface area contributed by atoms with Crippen molar-refractivity contribution in [2.24, 2.45) is 5.92 Å². The minimum absolute atomic E-state index is 0.0801. The highest BCUT2D eigenvalue weighted by molar-refractivity contribution is 5.90. The zero-order valence-electron chi connectivity index (χ0n) is 20.1. The quantitative estimate of drug-likeness (QED) is 0.387. The maximum atomic E-state index is 12.9. The number of carbonyl (C=O) groups excluding carboxylic acids is 1. The second-order valence-corrected chi connectivity index (χ2v) is 8.92. The van der Waals surface area contributed by atoms with Crippen LogP contribution in [0.15, 0.2) is 57.8 Å². The van der Waals surface area contributed by atoms with E-state index in [0.717, 1.165) is 36.1 Å². The van der Waals surface area contributed by atoms with Crippen LogP contribution >= 0.6 is 0 Å². The Hall–Kier alpha value is -4.21. The molecule has 186 valence electrons. The van der Waals surface area contributed by atoms with E-state index in [4.69, 9.17) is 9.26 Å². The lowest BCUT2D eigenvalue weighted by atomic mass is 9.97. The van der Waals surface area contributed by atoms with Gasteiger partial charge in [-0.1, -0.05) is 23.4 Å². The lowest BCUT2D eigenvalue weighted by Crippen LogP contribution is -2.42. The van der Waals surface area contributed by atoms with E-state index >= 15 is 0 Å². The molecule has 0 radical (unpaired) electrons. The summed E-state index contributed by atoms with van der Waals surface area (Å²) in [4.78, 5) is 31.2.